The highest BCUT2D eigenvalue weighted by Gasteiger charge is 2.14. The maximum atomic E-state index is 5.60. The highest BCUT2D eigenvalue weighted by atomic mass is 35.5. The Hall–Kier alpha value is -0.570. The Morgan fingerprint density at radius 2 is 2.07 bits per heavy atom. The molecule has 0 bridgehead atoms. The van der Waals surface area contributed by atoms with Crippen LogP contribution in [0.5, 0.6) is 0 Å². The van der Waals surface area contributed by atoms with Crippen molar-refractivity contribution in [2.45, 2.75) is 50.8 Å². The van der Waals surface area contributed by atoms with Crippen LogP contribution in [0.4, 0.5) is 0 Å². The van der Waals surface area contributed by atoms with E-state index in [0.29, 0.717) is 11.7 Å². The van der Waals surface area contributed by atoms with Crippen molar-refractivity contribution >= 4 is 11.6 Å². The number of hydrogen-bond donors (Lipinski definition) is 0. The monoisotopic (exact) mass is 228 g/mol. The largest absolute Gasteiger partial charge is 0.339 e. The maximum Gasteiger partial charge on any atom is 0.226 e. The first-order valence-corrected chi connectivity index (χ1v) is 6.29. The molecule has 0 saturated heterocycles. The first-order chi connectivity index (χ1) is 7.38. The lowest BCUT2D eigenvalue weighted by Gasteiger charge is -2.20. The van der Waals surface area contributed by atoms with Crippen molar-refractivity contribution < 1.29 is 4.52 Å². The topological polar surface area (TPSA) is 38.9 Å². The molecule has 1 aromatic heterocycles. The van der Waals surface area contributed by atoms with Crippen molar-refractivity contribution in [3.05, 3.63) is 11.7 Å². The zero-order valence-electron chi connectivity index (χ0n) is 8.91. The lowest BCUT2D eigenvalue weighted by atomic mass is 9.86. The third-order valence-electron chi connectivity index (χ3n) is 3.12. The number of rotatable bonds is 4. The van der Waals surface area contributed by atoms with Crippen molar-refractivity contribution in [3.8, 4) is 0 Å². The molecule has 1 aliphatic rings. The molecule has 4 heteroatoms. The molecule has 0 aromatic carbocycles. The molecule has 0 spiro atoms. The standard InChI is InChI=1S/C11H17ClN2O/c12-8-10-13-11(15-14-10)7-6-9-4-2-1-3-5-9/h9H,1-8H2. The molecule has 1 fully saturated rings. The fourth-order valence-electron chi connectivity index (χ4n) is 2.25. The van der Waals surface area contributed by atoms with Gasteiger partial charge in [-0.2, -0.15) is 4.98 Å². The molecule has 1 aromatic rings. The van der Waals surface area contributed by atoms with Crippen LogP contribution < -0.4 is 0 Å². The number of aryl methyl sites for hydroxylation is 1. The third-order valence-corrected chi connectivity index (χ3v) is 3.36. The van der Waals surface area contributed by atoms with Crippen molar-refractivity contribution in [2.75, 3.05) is 0 Å². The quantitative estimate of drug-likeness (QED) is 0.743. The summed E-state index contributed by atoms with van der Waals surface area (Å²) in [6.45, 7) is 0. The van der Waals surface area contributed by atoms with Crippen molar-refractivity contribution in [2.24, 2.45) is 5.92 Å². The van der Waals surface area contributed by atoms with Gasteiger partial charge in [0.05, 0.1) is 5.88 Å². The minimum atomic E-state index is 0.340. The van der Waals surface area contributed by atoms with Crippen LogP contribution in [0.15, 0.2) is 4.52 Å². The van der Waals surface area contributed by atoms with Crippen LogP contribution in [-0.4, -0.2) is 10.1 Å². The zero-order chi connectivity index (χ0) is 10.5. The van der Waals surface area contributed by atoms with Crippen LogP contribution in [-0.2, 0) is 12.3 Å². The molecule has 0 N–H and O–H groups in total. The lowest BCUT2D eigenvalue weighted by molar-refractivity contribution is 0.314. The van der Waals surface area contributed by atoms with E-state index in [1.165, 1.54) is 38.5 Å². The van der Waals surface area contributed by atoms with Gasteiger partial charge in [0.15, 0.2) is 5.82 Å². The molecule has 1 saturated carbocycles. The van der Waals surface area contributed by atoms with Gasteiger partial charge in [-0.25, -0.2) is 0 Å². The molecular weight excluding hydrogens is 212 g/mol. The Labute approximate surface area is 95.2 Å². The van der Waals surface area contributed by atoms with Crippen molar-refractivity contribution in [1.82, 2.24) is 10.1 Å². The summed E-state index contributed by atoms with van der Waals surface area (Å²) in [5.41, 5.74) is 0. The number of hydrogen-bond acceptors (Lipinski definition) is 3. The second kappa shape index (κ2) is 5.50. The lowest BCUT2D eigenvalue weighted by Crippen LogP contribution is -2.07. The number of halogens is 1. The van der Waals surface area contributed by atoms with Gasteiger partial charge in [-0.05, 0) is 12.3 Å². The van der Waals surface area contributed by atoms with E-state index in [4.69, 9.17) is 16.1 Å². The van der Waals surface area contributed by atoms with E-state index in [1.807, 2.05) is 0 Å². The molecule has 0 unspecified atom stereocenters. The highest BCUT2D eigenvalue weighted by Crippen LogP contribution is 2.27. The van der Waals surface area contributed by atoms with Gasteiger partial charge in [0, 0.05) is 6.42 Å². The van der Waals surface area contributed by atoms with E-state index in [-0.39, 0.29) is 0 Å². The summed E-state index contributed by atoms with van der Waals surface area (Å²) in [5.74, 6) is 2.56. The van der Waals surface area contributed by atoms with Gasteiger partial charge in [0.2, 0.25) is 5.89 Å². The van der Waals surface area contributed by atoms with E-state index in [1.54, 1.807) is 0 Å². The Kier molecular flexibility index (Phi) is 4.01. The summed E-state index contributed by atoms with van der Waals surface area (Å²) in [6, 6.07) is 0. The fourth-order valence-corrected chi connectivity index (χ4v) is 2.36. The average Bonchev–Trinajstić information content (AvgIpc) is 2.76. The average molecular weight is 229 g/mol. The molecular formula is C11H17ClN2O. The van der Waals surface area contributed by atoms with Gasteiger partial charge in [0.1, 0.15) is 0 Å². The van der Waals surface area contributed by atoms with E-state index < -0.39 is 0 Å². The van der Waals surface area contributed by atoms with Crippen LogP contribution >= 0.6 is 11.6 Å². The SMILES string of the molecule is ClCc1noc(CCC2CCCCC2)n1. The minimum absolute atomic E-state index is 0.340. The summed E-state index contributed by atoms with van der Waals surface area (Å²) in [6.07, 6.45) is 9.03. The van der Waals surface area contributed by atoms with Crippen LogP contribution in [0.2, 0.25) is 0 Å². The Morgan fingerprint density at radius 1 is 1.27 bits per heavy atom. The molecule has 3 nitrogen and oxygen atoms in total. The second-order valence-corrected chi connectivity index (χ2v) is 4.55. The third kappa shape index (κ3) is 3.20. The molecule has 0 radical (unpaired) electrons. The second-order valence-electron chi connectivity index (χ2n) is 4.28. The molecule has 0 atom stereocenters. The van der Waals surface area contributed by atoms with E-state index >= 15 is 0 Å². The summed E-state index contributed by atoms with van der Waals surface area (Å²) in [5, 5.41) is 3.78. The van der Waals surface area contributed by atoms with Gasteiger partial charge in [-0.3, -0.25) is 0 Å². The van der Waals surface area contributed by atoms with Gasteiger partial charge in [-0.15, -0.1) is 11.6 Å². The van der Waals surface area contributed by atoms with Gasteiger partial charge >= 0.3 is 0 Å². The van der Waals surface area contributed by atoms with Crippen LogP contribution in [0, 0.1) is 5.92 Å². The minimum Gasteiger partial charge on any atom is -0.339 e. The zero-order valence-corrected chi connectivity index (χ0v) is 9.67. The van der Waals surface area contributed by atoms with E-state index in [0.717, 1.165) is 18.2 Å². The van der Waals surface area contributed by atoms with Gasteiger partial charge < -0.3 is 4.52 Å². The van der Waals surface area contributed by atoms with E-state index in [9.17, 15) is 0 Å². The van der Waals surface area contributed by atoms with Gasteiger partial charge in [0.25, 0.3) is 0 Å². The summed E-state index contributed by atoms with van der Waals surface area (Å²) in [7, 11) is 0. The molecule has 0 aliphatic heterocycles. The highest BCUT2D eigenvalue weighted by molar-refractivity contribution is 6.16. The number of alkyl halides is 1. The van der Waals surface area contributed by atoms with Crippen molar-refractivity contribution in [1.29, 1.82) is 0 Å². The Balaban J connectivity index is 1.76. The normalized spacial score (nSPS) is 18.2. The van der Waals surface area contributed by atoms with Gasteiger partial charge in [-0.1, -0.05) is 37.3 Å². The molecule has 84 valence electrons. The summed E-state index contributed by atoms with van der Waals surface area (Å²) >= 11 is 5.60. The summed E-state index contributed by atoms with van der Waals surface area (Å²) < 4.78 is 5.10. The number of nitrogens with zero attached hydrogens (tertiary/aromatic N) is 2. The van der Waals surface area contributed by atoms with Crippen molar-refractivity contribution in [3.63, 3.8) is 0 Å². The first-order valence-electron chi connectivity index (χ1n) is 5.76. The molecule has 15 heavy (non-hydrogen) atoms. The summed E-state index contributed by atoms with van der Waals surface area (Å²) in [4.78, 5) is 4.20. The van der Waals surface area contributed by atoms with Crippen LogP contribution in [0.25, 0.3) is 0 Å². The molecule has 1 aliphatic carbocycles. The molecule has 0 amide bonds. The molecule has 1 heterocycles. The fraction of sp³-hybridized carbons (Fsp3) is 0.818. The molecule has 2 rings (SSSR count). The van der Waals surface area contributed by atoms with Crippen LogP contribution in [0.1, 0.15) is 50.2 Å². The van der Waals surface area contributed by atoms with Crippen LogP contribution in [0.3, 0.4) is 0 Å². The smallest absolute Gasteiger partial charge is 0.226 e. The maximum absolute atomic E-state index is 5.60. The first kappa shape index (κ1) is 10.9. The predicted molar refractivity (Wildman–Crippen MR) is 58.8 cm³/mol. The Morgan fingerprint density at radius 3 is 2.73 bits per heavy atom. The predicted octanol–water partition coefficient (Wildman–Crippen LogP) is 3.32. The Bertz CT molecular complexity index is 295. The van der Waals surface area contributed by atoms with E-state index in [2.05, 4.69) is 10.1 Å². The number of aromatic nitrogens is 2.